The highest BCUT2D eigenvalue weighted by molar-refractivity contribution is 6.42. The molecular formula is C13H16Cl2N4. The summed E-state index contributed by atoms with van der Waals surface area (Å²) in [5.74, 6) is 0.833. The molecule has 0 bridgehead atoms. The first-order valence-electron chi connectivity index (χ1n) is 6.23. The second kappa shape index (κ2) is 6.89. The Morgan fingerprint density at radius 1 is 1.32 bits per heavy atom. The number of benzene rings is 1. The third kappa shape index (κ3) is 3.93. The Labute approximate surface area is 122 Å². The van der Waals surface area contributed by atoms with Gasteiger partial charge < -0.3 is 5.32 Å². The fraction of sp³-hybridized carbons (Fsp3) is 0.385. The number of hydrogen-bond donors (Lipinski definition) is 2. The van der Waals surface area contributed by atoms with Crippen LogP contribution in [-0.4, -0.2) is 21.7 Å². The van der Waals surface area contributed by atoms with E-state index in [-0.39, 0.29) is 6.04 Å². The van der Waals surface area contributed by atoms with E-state index in [1.165, 1.54) is 6.33 Å². The summed E-state index contributed by atoms with van der Waals surface area (Å²) in [6.07, 6.45) is 3.36. The molecule has 0 fully saturated rings. The van der Waals surface area contributed by atoms with Gasteiger partial charge >= 0.3 is 0 Å². The molecule has 4 nitrogen and oxygen atoms in total. The topological polar surface area (TPSA) is 53.6 Å². The van der Waals surface area contributed by atoms with Crippen LogP contribution in [0.2, 0.25) is 10.0 Å². The fourth-order valence-corrected chi connectivity index (χ4v) is 2.19. The van der Waals surface area contributed by atoms with Crippen molar-refractivity contribution in [2.45, 2.75) is 25.8 Å². The first-order valence-corrected chi connectivity index (χ1v) is 6.99. The van der Waals surface area contributed by atoms with Crippen LogP contribution in [0.5, 0.6) is 0 Å². The van der Waals surface area contributed by atoms with Gasteiger partial charge in [-0.15, -0.1) is 0 Å². The smallest absolute Gasteiger partial charge is 0.141 e. The molecule has 0 aliphatic carbocycles. The molecule has 1 unspecified atom stereocenters. The Kier molecular flexibility index (Phi) is 5.19. The minimum absolute atomic E-state index is 0.0969. The average Bonchev–Trinajstić information content (AvgIpc) is 2.92. The number of hydrogen-bond acceptors (Lipinski definition) is 3. The van der Waals surface area contributed by atoms with Crippen LogP contribution in [0.4, 0.5) is 0 Å². The molecule has 0 amide bonds. The summed E-state index contributed by atoms with van der Waals surface area (Å²) < 4.78 is 0. The maximum Gasteiger partial charge on any atom is 0.141 e. The summed E-state index contributed by atoms with van der Waals surface area (Å²) in [4.78, 5) is 4.22. The first kappa shape index (κ1) is 14.3. The largest absolute Gasteiger partial charge is 0.307 e. The van der Waals surface area contributed by atoms with E-state index in [9.17, 15) is 0 Å². The van der Waals surface area contributed by atoms with E-state index in [1.54, 1.807) is 0 Å². The SMILES string of the molecule is CCCNC(Cc1ccc(Cl)c(Cl)c1)c1ncn[nH]1. The van der Waals surface area contributed by atoms with Crippen LogP contribution in [0.25, 0.3) is 0 Å². The van der Waals surface area contributed by atoms with E-state index < -0.39 is 0 Å². The van der Waals surface area contributed by atoms with Gasteiger partial charge in [0, 0.05) is 0 Å². The van der Waals surface area contributed by atoms with E-state index in [1.807, 2.05) is 18.2 Å². The van der Waals surface area contributed by atoms with Gasteiger partial charge in [-0.1, -0.05) is 36.2 Å². The van der Waals surface area contributed by atoms with E-state index in [0.29, 0.717) is 10.0 Å². The van der Waals surface area contributed by atoms with Gasteiger partial charge in [0.1, 0.15) is 12.2 Å². The Morgan fingerprint density at radius 2 is 2.16 bits per heavy atom. The molecule has 6 heteroatoms. The number of aromatic nitrogens is 3. The molecule has 2 aromatic rings. The second-order valence-corrected chi connectivity index (χ2v) is 5.14. The molecule has 0 spiro atoms. The number of H-pyrrole nitrogens is 1. The predicted molar refractivity (Wildman–Crippen MR) is 77.6 cm³/mol. The van der Waals surface area contributed by atoms with Crippen molar-refractivity contribution in [1.82, 2.24) is 20.5 Å². The van der Waals surface area contributed by atoms with Crippen molar-refractivity contribution in [2.24, 2.45) is 0 Å². The molecule has 1 aromatic heterocycles. The van der Waals surface area contributed by atoms with Gasteiger partial charge in [-0.2, -0.15) is 5.10 Å². The van der Waals surface area contributed by atoms with Crippen molar-refractivity contribution in [3.8, 4) is 0 Å². The summed E-state index contributed by atoms with van der Waals surface area (Å²) in [5, 5.41) is 11.4. The molecule has 0 radical (unpaired) electrons. The first-order chi connectivity index (χ1) is 9.20. The Bertz CT molecular complexity index is 513. The quantitative estimate of drug-likeness (QED) is 0.859. The zero-order valence-electron chi connectivity index (χ0n) is 10.7. The lowest BCUT2D eigenvalue weighted by atomic mass is 10.1. The van der Waals surface area contributed by atoms with Gasteiger partial charge in [0.05, 0.1) is 16.1 Å². The zero-order chi connectivity index (χ0) is 13.7. The van der Waals surface area contributed by atoms with Crippen LogP contribution < -0.4 is 5.32 Å². The fourth-order valence-electron chi connectivity index (χ4n) is 1.87. The van der Waals surface area contributed by atoms with Crippen molar-refractivity contribution in [1.29, 1.82) is 0 Å². The summed E-state index contributed by atoms with van der Waals surface area (Å²) in [6.45, 7) is 3.05. The summed E-state index contributed by atoms with van der Waals surface area (Å²) in [5.41, 5.74) is 1.11. The number of nitrogens with one attached hydrogen (secondary N) is 2. The maximum atomic E-state index is 6.04. The van der Waals surface area contributed by atoms with Crippen LogP contribution in [0.1, 0.15) is 30.8 Å². The molecule has 102 valence electrons. The number of aromatic amines is 1. The minimum Gasteiger partial charge on any atom is -0.307 e. The monoisotopic (exact) mass is 298 g/mol. The van der Waals surface area contributed by atoms with Crippen LogP contribution in [0.3, 0.4) is 0 Å². The van der Waals surface area contributed by atoms with Crippen molar-refractivity contribution < 1.29 is 0 Å². The van der Waals surface area contributed by atoms with Crippen molar-refractivity contribution in [3.05, 3.63) is 46.0 Å². The number of halogens is 2. The highest BCUT2D eigenvalue weighted by Gasteiger charge is 2.14. The van der Waals surface area contributed by atoms with Crippen LogP contribution in [0, 0.1) is 0 Å². The molecule has 2 rings (SSSR count). The van der Waals surface area contributed by atoms with E-state index in [0.717, 1.165) is 30.8 Å². The summed E-state index contributed by atoms with van der Waals surface area (Å²) >= 11 is 12.0. The minimum atomic E-state index is 0.0969. The molecule has 0 aliphatic heterocycles. The summed E-state index contributed by atoms with van der Waals surface area (Å²) in [7, 11) is 0. The molecule has 0 aliphatic rings. The lowest BCUT2D eigenvalue weighted by Gasteiger charge is -2.16. The van der Waals surface area contributed by atoms with Gasteiger partial charge in [0.25, 0.3) is 0 Å². The Hall–Kier alpha value is -1.10. The molecule has 0 saturated heterocycles. The van der Waals surface area contributed by atoms with Gasteiger partial charge in [-0.25, -0.2) is 4.98 Å². The van der Waals surface area contributed by atoms with E-state index >= 15 is 0 Å². The standard InChI is InChI=1S/C13H16Cl2N4/c1-2-5-16-12(13-17-8-18-19-13)7-9-3-4-10(14)11(15)6-9/h3-4,6,8,12,16H,2,5,7H2,1H3,(H,17,18,19). The Balaban J connectivity index is 2.13. The Morgan fingerprint density at radius 3 is 2.79 bits per heavy atom. The number of nitrogens with zero attached hydrogens (tertiary/aromatic N) is 2. The highest BCUT2D eigenvalue weighted by Crippen LogP contribution is 2.24. The molecule has 1 atom stereocenters. The van der Waals surface area contributed by atoms with E-state index in [2.05, 4.69) is 27.4 Å². The molecule has 1 aromatic carbocycles. The highest BCUT2D eigenvalue weighted by atomic mass is 35.5. The van der Waals surface area contributed by atoms with Gasteiger partial charge in [-0.05, 0) is 37.1 Å². The molecule has 1 heterocycles. The third-order valence-corrected chi connectivity index (χ3v) is 3.57. The van der Waals surface area contributed by atoms with Gasteiger partial charge in [0.15, 0.2) is 0 Å². The van der Waals surface area contributed by atoms with Gasteiger partial charge in [-0.3, -0.25) is 5.10 Å². The number of rotatable bonds is 6. The van der Waals surface area contributed by atoms with Gasteiger partial charge in [0.2, 0.25) is 0 Å². The van der Waals surface area contributed by atoms with Crippen LogP contribution >= 0.6 is 23.2 Å². The average molecular weight is 299 g/mol. The van der Waals surface area contributed by atoms with Crippen molar-refractivity contribution in [2.75, 3.05) is 6.54 Å². The van der Waals surface area contributed by atoms with Crippen LogP contribution in [-0.2, 0) is 6.42 Å². The third-order valence-electron chi connectivity index (χ3n) is 2.83. The van der Waals surface area contributed by atoms with Crippen molar-refractivity contribution in [3.63, 3.8) is 0 Å². The molecule has 2 N–H and O–H groups in total. The molecular weight excluding hydrogens is 283 g/mol. The van der Waals surface area contributed by atoms with Crippen molar-refractivity contribution >= 4 is 23.2 Å². The zero-order valence-corrected chi connectivity index (χ0v) is 12.2. The second-order valence-electron chi connectivity index (χ2n) is 4.33. The maximum absolute atomic E-state index is 6.04. The lowest BCUT2D eigenvalue weighted by molar-refractivity contribution is 0.506. The predicted octanol–water partition coefficient (Wildman–Crippen LogP) is 3.39. The van der Waals surface area contributed by atoms with E-state index in [4.69, 9.17) is 23.2 Å². The molecule has 19 heavy (non-hydrogen) atoms. The van der Waals surface area contributed by atoms with Crippen LogP contribution in [0.15, 0.2) is 24.5 Å². The summed E-state index contributed by atoms with van der Waals surface area (Å²) in [6, 6.07) is 5.78. The normalized spacial score (nSPS) is 12.6. The molecule has 0 saturated carbocycles. The lowest BCUT2D eigenvalue weighted by Crippen LogP contribution is -2.25.